The molecule has 0 fully saturated rings. The molecule has 1 nitrogen and oxygen atoms in total. The Morgan fingerprint density at radius 2 is 1.54 bits per heavy atom. The van der Waals surface area contributed by atoms with E-state index >= 15 is 0 Å². The second-order valence-corrected chi connectivity index (χ2v) is 4.65. The Morgan fingerprint density at radius 1 is 0.846 bits per heavy atom. The number of aliphatic hydroxyl groups is 1. The largest absolute Gasteiger partial charge is 0.396 e. The van der Waals surface area contributed by atoms with Gasteiger partial charge in [-0.1, -0.05) is 52.9 Å². The van der Waals surface area contributed by atoms with Crippen molar-refractivity contribution in [3.05, 3.63) is 0 Å². The Hall–Kier alpha value is -0.0400. The maximum atomic E-state index is 8.61. The Labute approximate surface area is 83.5 Å². The van der Waals surface area contributed by atoms with Crippen molar-refractivity contribution in [2.75, 3.05) is 6.61 Å². The molecule has 80 valence electrons. The van der Waals surface area contributed by atoms with Crippen LogP contribution in [-0.2, 0) is 0 Å². The first-order valence-corrected chi connectivity index (χ1v) is 5.77. The van der Waals surface area contributed by atoms with Gasteiger partial charge < -0.3 is 5.11 Å². The van der Waals surface area contributed by atoms with E-state index in [0.717, 1.165) is 18.3 Å². The maximum Gasteiger partial charge on any atom is 0.0431 e. The molecule has 0 spiro atoms. The summed E-state index contributed by atoms with van der Waals surface area (Å²) in [5, 5.41) is 8.61. The minimum absolute atomic E-state index is 0.361. The molecule has 1 heteroatoms. The lowest BCUT2D eigenvalue weighted by Crippen LogP contribution is -1.98. The van der Waals surface area contributed by atoms with E-state index in [0.29, 0.717) is 6.61 Å². The molecule has 0 radical (unpaired) electrons. The second-order valence-electron chi connectivity index (χ2n) is 4.65. The van der Waals surface area contributed by atoms with Gasteiger partial charge in [-0.05, 0) is 18.3 Å². The van der Waals surface area contributed by atoms with Crippen LogP contribution < -0.4 is 0 Å². The van der Waals surface area contributed by atoms with Crippen molar-refractivity contribution < 1.29 is 5.11 Å². The highest BCUT2D eigenvalue weighted by molar-refractivity contribution is 4.56. The molecular weight excluding hydrogens is 160 g/mol. The van der Waals surface area contributed by atoms with Crippen LogP contribution in [0.2, 0.25) is 0 Å². The standard InChI is InChI=1S/C12H26O/c1-11(2)8-9-12(3)7-5-4-6-10-13/h11-13H,4-10H2,1-3H3. The average molecular weight is 186 g/mol. The Morgan fingerprint density at radius 3 is 2.08 bits per heavy atom. The third kappa shape index (κ3) is 9.88. The van der Waals surface area contributed by atoms with Crippen molar-refractivity contribution in [1.29, 1.82) is 0 Å². The molecule has 0 aromatic carbocycles. The zero-order valence-corrected chi connectivity index (χ0v) is 9.55. The summed E-state index contributed by atoms with van der Waals surface area (Å²) in [6.45, 7) is 7.29. The fourth-order valence-electron chi connectivity index (χ4n) is 1.54. The van der Waals surface area contributed by atoms with E-state index in [1.165, 1.54) is 32.1 Å². The number of hydrogen-bond acceptors (Lipinski definition) is 1. The van der Waals surface area contributed by atoms with Crippen molar-refractivity contribution in [3.8, 4) is 0 Å². The first-order chi connectivity index (χ1) is 6.16. The number of unbranched alkanes of at least 4 members (excludes halogenated alkanes) is 2. The van der Waals surface area contributed by atoms with Crippen LogP contribution in [-0.4, -0.2) is 11.7 Å². The summed E-state index contributed by atoms with van der Waals surface area (Å²) in [4.78, 5) is 0. The smallest absolute Gasteiger partial charge is 0.0431 e. The first-order valence-electron chi connectivity index (χ1n) is 5.77. The van der Waals surface area contributed by atoms with Crippen molar-refractivity contribution >= 4 is 0 Å². The lowest BCUT2D eigenvalue weighted by molar-refractivity contribution is 0.280. The normalized spacial score (nSPS) is 13.6. The fourth-order valence-corrected chi connectivity index (χ4v) is 1.54. The van der Waals surface area contributed by atoms with E-state index in [2.05, 4.69) is 20.8 Å². The van der Waals surface area contributed by atoms with Gasteiger partial charge >= 0.3 is 0 Å². The maximum absolute atomic E-state index is 8.61. The zero-order chi connectivity index (χ0) is 10.1. The van der Waals surface area contributed by atoms with Gasteiger partial charge in [-0.15, -0.1) is 0 Å². The van der Waals surface area contributed by atoms with Gasteiger partial charge in [-0.25, -0.2) is 0 Å². The lowest BCUT2D eigenvalue weighted by Gasteiger charge is -2.12. The average Bonchev–Trinajstić information content (AvgIpc) is 2.09. The van der Waals surface area contributed by atoms with Gasteiger partial charge in [0.25, 0.3) is 0 Å². The summed E-state index contributed by atoms with van der Waals surface area (Å²) < 4.78 is 0. The summed E-state index contributed by atoms with van der Waals surface area (Å²) in [5.41, 5.74) is 0. The van der Waals surface area contributed by atoms with E-state index in [9.17, 15) is 0 Å². The molecule has 1 atom stereocenters. The van der Waals surface area contributed by atoms with E-state index in [4.69, 9.17) is 5.11 Å². The molecule has 0 rings (SSSR count). The summed E-state index contributed by atoms with van der Waals surface area (Å²) in [6, 6.07) is 0. The summed E-state index contributed by atoms with van der Waals surface area (Å²) >= 11 is 0. The van der Waals surface area contributed by atoms with Crippen LogP contribution in [0, 0.1) is 11.8 Å². The highest BCUT2D eigenvalue weighted by atomic mass is 16.2. The number of rotatable bonds is 8. The summed E-state index contributed by atoms with van der Waals surface area (Å²) in [5.74, 6) is 1.72. The van der Waals surface area contributed by atoms with Crippen LogP contribution in [0.3, 0.4) is 0 Å². The molecule has 13 heavy (non-hydrogen) atoms. The van der Waals surface area contributed by atoms with Gasteiger partial charge in [0, 0.05) is 6.61 Å². The minimum atomic E-state index is 0.361. The molecule has 0 heterocycles. The number of aliphatic hydroxyl groups excluding tert-OH is 1. The highest BCUT2D eigenvalue weighted by Crippen LogP contribution is 2.17. The molecule has 1 N–H and O–H groups in total. The molecule has 0 bridgehead atoms. The van der Waals surface area contributed by atoms with Gasteiger partial charge in [-0.3, -0.25) is 0 Å². The molecule has 0 aromatic heterocycles. The molecule has 0 amide bonds. The van der Waals surface area contributed by atoms with Crippen LogP contribution in [0.25, 0.3) is 0 Å². The molecular formula is C12H26O. The topological polar surface area (TPSA) is 20.2 Å². The van der Waals surface area contributed by atoms with E-state index in [1.807, 2.05) is 0 Å². The van der Waals surface area contributed by atoms with Crippen LogP contribution in [0.4, 0.5) is 0 Å². The Balaban J connectivity index is 3.15. The monoisotopic (exact) mass is 186 g/mol. The molecule has 0 aliphatic carbocycles. The fraction of sp³-hybridized carbons (Fsp3) is 1.00. The van der Waals surface area contributed by atoms with Crippen LogP contribution >= 0.6 is 0 Å². The Bertz CT molecular complexity index is 99.3. The molecule has 0 aliphatic rings. The van der Waals surface area contributed by atoms with Gasteiger partial charge in [0.15, 0.2) is 0 Å². The molecule has 0 saturated heterocycles. The van der Waals surface area contributed by atoms with E-state index in [-0.39, 0.29) is 0 Å². The molecule has 1 unspecified atom stereocenters. The van der Waals surface area contributed by atoms with Crippen molar-refractivity contribution in [2.24, 2.45) is 11.8 Å². The quantitative estimate of drug-likeness (QED) is 0.574. The van der Waals surface area contributed by atoms with Gasteiger partial charge in [0.05, 0.1) is 0 Å². The van der Waals surface area contributed by atoms with Crippen LogP contribution in [0.5, 0.6) is 0 Å². The number of hydrogen-bond donors (Lipinski definition) is 1. The van der Waals surface area contributed by atoms with E-state index < -0.39 is 0 Å². The van der Waals surface area contributed by atoms with Crippen molar-refractivity contribution in [2.45, 2.75) is 59.3 Å². The van der Waals surface area contributed by atoms with Crippen LogP contribution in [0.1, 0.15) is 59.3 Å². The van der Waals surface area contributed by atoms with Crippen molar-refractivity contribution in [3.63, 3.8) is 0 Å². The second kappa shape index (κ2) is 8.55. The van der Waals surface area contributed by atoms with Crippen molar-refractivity contribution in [1.82, 2.24) is 0 Å². The van der Waals surface area contributed by atoms with Crippen LogP contribution in [0.15, 0.2) is 0 Å². The molecule has 0 aliphatic heterocycles. The predicted molar refractivity (Wildman–Crippen MR) is 58.8 cm³/mol. The third-order valence-corrected chi connectivity index (χ3v) is 2.59. The molecule has 0 saturated carbocycles. The first kappa shape index (κ1) is 13.0. The van der Waals surface area contributed by atoms with E-state index in [1.54, 1.807) is 0 Å². The predicted octanol–water partition coefficient (Wildman–Crippen LogP) is 3.61. The van der Waals surface area contributed by atoms with Gasteiger partial charge in [0.1, 0.15) is 0 Å². The lowest BCUT2D eigenvalue weighted by atomic mass is 9.95. The summed E-state index contributed by atoms with van der Waals surface area (Å²) in [6.07, 6.45) is 7.55. The zero-order valence-electron chi connectivity index (χ0n) is 9.55. The van der Waals surface area contributed by atoms with Gasteiger partial charge in [-0.2, -0.15) is 0 Å². The Kier molecular flexibility index (Phi) is 8.53. The summed E-state index contributed by atoms with van der Waals surface area (Å²) in [7, 11) is 0. The third-order valence-electron chi connectivity index (χ3n) is 2.59. The molecule has 0 aromatic rings. The highest BCUT2D eigenvalue weighted by Gasteiger charge is 2.03. The minimum Gasteiger partial charge on any atom is -0.396 e. The van der Waals surface area contributed by atoms with Gasteiger partial charge in [0.2, 0.25) is 0 Å². The SMILES string of the molecule is CC(C)CCC(C)CCCCCO.